The minimum absolute atomic E-state index is 0.0984. The van der Waals surface area contributed by atoms with Gasteiger partial charge < -0.3 is 10.1 Å². The lowest BCUT2D eigenvalue weighted by Crippen LogP contribution is -2.00. The molecule has 1 N–H and O–H groups in total. The van der Waals surface area contributed by atoms with Gasteiger partial charge in [-0.05, 0) is 45.8 Å². The summed E-state index contributed by atoms with van der Waals surface area (Å²) in [6.45, 7) is 0.480. The predicted molar refractivity (Wildman–Crippen MR) is 99.1 cm³/mol. The first-order valence-corrected chi connectivity index (χ1v) is 8.25. The second-order valence-electron chi connectivity index (χ2n) is 5.20. The second kappa shape index (κ2) is 7.76. The van der Waals surface area contributed by atoms with E-state index in [-0.39, 0.29) is 11.5 Å². The standard InChI is InChI=1S/C18H14BrN3O3/c19-14-10-17(22(23)24)18(20-11-14)21-15-6-8-16(9-7-15)25-12-13-4-2-1-3-5-13/h1-11H,12H2,(H,20,21). The molecule has 0 saturated carbocycles. The first-order chi connectivity index (χ1) is 12.1. The number of rotatable bonds is 6. The molecule has 0 amide bonds. The maximum Gasteiger partial charge on any atom is 0.312 e. The van der Waals surface area contributed by atoms with Crippen LogP contribution in [0.5, 0.6) is 5.75 Å². The maximum atomic E-state index is 11.1. The lowest BCUT2D eigenvalue weighted by molar-refractivity contribution is -0.384. The molecule has 2 aromatic carbocycles. The van der Waals surface area contributed by atoms with E-state index in [9.17, 15) is 10.1 Å². The monoisotopic (exact) mass is 399 g/mol. The van der Waals surface area contributed by atoms with Crippen LogP contribution in [-0.4, -0.2) is 9.91 Å². The van der Waals surface area contributed by atoms with Gasteiger partial charge in [0.1, 0.15) is 12.4 Å². The SMILES string of the molecule is O=[N+]([O-])c1cc(Br)cnc1Nc1ccc(OCc2ccccc2)cc1. The number of benzene rings is 2. The van der Waals surface area contributed by atoms with Crippen LogP contribution in [0.2, 0.25) is 0 Å². The van der Waals surface area contributed by atoms with Gasteiger partial charge in [0.15, 0.2) is 0 Å². The Labute approximate surface area is 152 Å². The molecule has 0 unspecified atom stereocenters. The highest BCUT2D eigenvalue weighted by Gasteiger charge is 2.16. The Morgan fingerprint density at radius 1 is 1.12 bits per heavy atom. The highest BCUT2D eigenvalue weighted by atomic mass is 79.9. The molecule has 3 aromatic rings. The number of nitrogens with one attached hydrogen (secondary N) is 1. The number of pyridine rings is 1. The second-order valence-corrected chi connectivity index (χ2v) is 6.12. The van der Waals surface area contributed by atoms with Crippen molar-refractivity contribution in [1.29, 1.82) is 0 Å². The van der Waals surface area contributed by atoms with Crippen molar-refractivity contribution in [2.75, 3.05) is 5.32 Å². The molecule has 0 fully saturated rings. The molecule has 0 aliphatic heterocycles. The van der Waals surface area contributed by atoms with Gasteiger partial charge in [-0.15, -0.1) is 0 Å². The largest absolute Gasteiger partial charge is 0.489 e. The lowest BCUT2D eigenvalue weighted by Gasteiger charge is -2.09. The number of hydrogen-bond donors (Lipinski definition) is 1. The molecule has 25 heavy (non-hydrogen) atoms. The summed E-state index contributed by atoms with van der Waals surface area (Å²) in [6, 6.07) is 18.5. The molecule has 0 bridgehead atoms. The Hall–Kier alpha value is -2.93. The van der Waals surface area contributed by atoms with E-state index >= 15 is 0 Å². The normalized spacial score (nSPS) is 10.3. The molecule has 0 atom stereocenters. The van der Waals surface area contributed by atoms with Crippen molar-refractivity contribution in [3.63, 3.8) is 0 Å². The van der Waals surface area contributed by atoms with Crippen molar-refractivity contribution in [2.24, 2.45) is 0 Å². The molecule has 126 valence electrons. The van der Waals surface area contributed by atoms with Crippen LogP contribution in [0.15, 0.2) is 71.3 Å². The highest BCUT2D eigenvalue weighted by Crippen LogP contribution is 2.28. The summed E-state index contributed by atoms with van der Waals surface area (Å²) in [5, 5.41) is 14.1. The van der Waals surface area contributed by atoms with Crippen molar-refractivity contribution in [3.05, 3.63) is 87.0 Å². The number of nitrogens with zero attached hydrogens (tertiary/aromatic N) is 2. The number of hydrogen-bond acceptors (Lipinski definition) is 5. The molecule has 1 heterocycles. The van der Waals surface area contributed by atoms with E-state index in [0.717, 1.165) is 5.56 Å². The summed E-state index contributed by atoms with van der Waals surface area (Å²) in [5.41, 5.74) is 1.67. The summed E-state index contributed by atoms with van der Waals surface area (Å²) >= 11 is 3.18. The van der Waals surface area contributed by atoms with E-state index in [1.54, 1.807) is 24.3 Å². The van der Waals surface area contributed by atoms with E-state index < -0.39 is 4.92 Å². The third-order valence-corrected chi connectivity index (χ3v) is 3.83. The first-order valence-electron chi connectivity index (χ1n) is 7.45. The minimum atomic E-state index is -0.475. The summed E-state index contributed by atoms with van der Waals surface area (Å²) in [7, 11) is 0. The van der Waals surface area contributed by atoms with Gasteiger partial charge in [-0.1, -0.05) is 30.3 Å². The van der Waals surface area contributed by atoms with Crippen LogP contribution in [0.25, 0.3) is 0 Å². The Balaban J connectivity index is 1.68. The van der Waals surface area contributed by atoms with Gasteiger partial charge in [0.05, 0.1) is 4.92 Å². The van der Waals surface area contributed by atoms with E-state index in [2.05, 4.69) is 26.2 Å². The van der Waals surface area contributed by atoms with Gasteiger partial charge in [0.25, 0.3) is 0 Å². The average Bonchev–Trinajstić information content (AvgIpc) is 2.63. The zero-order valence-electron chi connectivity index (χ0n) is 13.1. The Morgan fingerprint density at radius 3 is 2.52 bits per heavy atom. The van der Waals surface area contributed by atoms with Crippen molar-refractivity contribution in [2.45, 2.75) is 6.61 Å². The van der Waals surface area contributed by atoms with Gasteiger partial charge in [-0.2, -0.15) is 0 Å². The zero-order chi connectivity index (χ0) is 17.6. The van der Waals surface area contributed by atoms with Gasteiger partial charge in [-0.3, -0.25) is 10.1 Å². The van der Waals surface area contributed by atoms with E-state index in [4.69, 9.17) is 4.74 Å². The van der Waals surface area contributed by atoms with Gasteiger partial charge in [-0.25, -0.2) is 4.98 Å². The number of halogens is 1. The van der Waals surface area contributed by atoms with E-state index in [0.29, 0.717) is 22.5 Å². The van der Waals surface area contributed by atoms with Crippen LogP contribution < -0.4 is 10.1 Å². The first kappa shape index (κ1) is 16.9. The van der Waals surface area contributed by atoms with Gasteiger partial charge in [0.2, 0.25) is 5.82 Å². The minimum Gasteiger partial charge on any atom is -0.489 e. The maximum absolute atomic E-state index is 11.1. The molecule has 6 nitrogen and oxygen atoms in total. The summed E-state index contributed by atoms with van der Waals surface area (Å²) in [4.78, 5) is 14.7. The molecule has 7 heteroatoms. The smallest absolute Gasteiger partial charge is 0.312 e. The molecule has 3 rings (SSSR count). The highest BCUT2D eigenvalue weighted by molar-refractivity contribution is 9.10. The van der Waals surface area contributed by atoms with Crippen LogP contribution in [0.1, 0.15) is 5.56 Å². The van der Waals surface area contributed by atoms with Crippen LogP contribution in [-0.2, 0) is 6.61 Å². The fraction of sp³-hybridized carbons (Fsp3) is 0.0556. The lowest BCUT2D eigenvalue weighted by atomic mass is 10.2. The topological polar surface area (TPSA) is 77.3 Å². The third kappa shape index (κ3) is 4.54. The molecule has 0 aliphatic rings. The Kier molecular flexibility index (Phi) is 5.25. The van der Waals surface area contributed by atoms with Crippen LogP contribution in [0.3, 0.4) is 0 Å². The van der Waals surface area contributed by atoms with E-state index in [1.165, 1.54) is 12.3 Å². The van der Waals surface area contributed by atoms with Crippen molar-refractivity contribution >= 4 is 33.1 Å². The van der Waals surface area contributed by atoms with Crippen LogP contribution >= 0.6 is 15.9 Å². The fourth-order valence-corrected chi connectivity index (χ4v) is 2.50. The van der Waals surface area contributed by atoms with Crippen LogP contribution in [0.4, 0.5) is 17.2 Å². The summed E-state index contributed by atoms with van der Waals surface area (Å²) in [5.74, 6) is 0.902. The Bertz CT molecular complexity index is 870. The quantitative estimate of drug-likeness (QED) is 0.462. The number of ether oxygens (including phenoxy) is 1. The summed E-state index contributed by atoms with van der Waals surface area (Å²) < 4.78 is 6.27. The molecule has 0 aliphatic carbocycles. The van der Waals surface area contributed by atoms with Crippen molar-refractivity contribution in [3.8, 4) is 5.75 Å². The average molecular weight is 400 g/mol. The van der Waals surface area contributed by atoms with Crippen molar-refractivity contribution < 1.29 is 9.66 Å². The Morgan fingerprint density at radius 2 is 1.84 bits per heavy atom. The summed E-state index contributed by atoms with van der Waals surface area (Å²) in [6.07, 6.45) is 1.51. The molecule has 1 aromatic heterocycles. The van der Waals surface area contributed by atoms with Gasteiger partial charge in [0, 0.05) is 22.4 Å². The fourth-order valence-electron chi connectivity index (χ4n) is 2.18. The molecule has 0 saturated heterocycles. The molecular formula is C18H14BrN3O3. The van der Waals surface area contributed by atoms with Crippen LogP contribution in [0, 0.1) is 10.1 Å². The third-order valence-electron chi connectivity index (χ3n) is 3.40. The zero-order valence-corrected chi connectivity index (χ0v) is 14.6. The predicted octanol–water partition coefficient (Wildman–Crippen LogP) is 5.07. The van der Waals surface area contributed by atoms with Gasteiger partial charge >= 0.3 is 5.69 Å². The van der Waals surface area contributed by atoms with E-state index in [1.807, 2.05) is 30.3 Å². The molecule has 0 spiro atoms. The number of aromatic nitrogens is 1. The molecular weight excluding hydrogens is 386 g/mol. The molecule has 0 radical (unpaired) electrons. The number of anilines is 2. The van der Waals surface area contributed by atoms with Crippen molar-refractivity contribution in [1.82, 2.24) is 4.98 Å². The number of nitro groups is 1.